The highest BCUT2D eigenvalue weighted by atomic mass is 16.5. The molecule has 27 heavy (non-hydrogen) atoms. The summed E-state index contributed by atoms with van der Waals surface area (Å²) in [5.41, 5.74) is 9.37. The van der Waals surface area contributed by atoms with Gasteiger partial charge in [-0.25, -0.2) is 0 Å². The SMILES string of the molecule is COc1ccc(CCNc2ccc(C(=O)N3CCCC3)cc2N)cc1OC. The molecule has 144 valence electrons. The van der Waals surface area contributed by atoms with Crippen molar-refractivity contribution in [3.8, 4) is 11.5 Å². The molecule has 6 heteroatoms. The molecule has 0 unspecified atom stereocenters. The van der Waals surface area contributed by atoms with Crippen molar-refractivity contribution < 1.29 is 14.3 Å². The summed E-state index contributed by atoms with van der Waals surface area (Å²) in [6.45, 7) is 2.40. The van der Waals surface area contributed by atoms with E-state index in [2.05, 4.69) is 5.32 Å². The van der Waals surface area contributed by atoms with E-state index in [0.29, 0.717) is 11.3 Å². The summed E-state index contributed by atoms with van der Waals surface area (Å²) in [5, 5.41) is 3.34. The highest BCUT2D eigenvalue weighted by Crippen LogP contribution is 2.28. The quantitative estimate of drug-likeness (QED) is 0.733. The van der Waals surface area contributed by atoms with Gasteiger partial charge in [0.05, 0.1) is 25.6 Å². The zero-order chi connectivity index (χ0) is 19.2. The number of carbonyl (C=O) groups excluding carboxylic acids is 1. The van der Waals surface area contributed by atoms with E-state index >= 15 is 0 Å². The third kappa shape index (κ3) is 4.45. The van der Waals surface area contributed by atoms with Gasteiger partial charge in [-0.1, -0.05) is 6.07 Å². The highest BCUT2D eigenvalue weighted by molar-refractivity contribution is 5.96. The van der Waals surface area contributed by atoms with Crippen molar-refractivity contribution in [3.63, 3.8) is 0 Å². The van der Waals surface area contributed by atoms with Gasteiger partial charge in [0, 0.05) is 25.2 Å². The number of benzene rings is 2. The number of nitrogens with two attached hydrogens (primary N) is 1. The molecule has 0 bridgehead atoms. The molecular weight excluding hydrogens is 342 g/mol. The zero-order valence-corrected chi connectivity index (χ0v) is 16.0. The average Bonchev–Trinajstić information content (AvgIpc) is 3.23. The minimum Gasteiger partial charge on any atom is -0.493 e. The molecule has 3 rings (SSSR count). The number of rotatable bonds is 7. The summed E-state index contributed by atoms with van der Waals surface area (Å²) in [4.78, 5) is 14.3. The van der Waals surface area contributed by atoms with Crippen LogP contribution in [0.2, 0.25) is 0 Å². The molecule has 1 fully saturated rings. The number of nitrogens with zero attached hydrogens (tertiary/aromatic N) is 1. The van der Waals surface area contributed by atoms with E-state index in [9.17, 15) is 4.79 Å². The summed E-state index contributed by atoms with van der Waals surface area (Å²) < 4.78 is 10.6. The molecule has 1 aliphatic rings. The molecule has 3 N–H and O–H groups in total. The van der Waals surface area contributed by atoms with Crippen LogP contribution in [0.5, 0.6) is 11.5 Å². The number of amides is 1. The number of carbonyl (C=O) groups is 1. The summed E-state index contributed by atoms with van der Waals surface area (Å²) >= 11 is 0. The Morgan fingerprint density at radius 1 is 1.07 bits per heavy atom. The van der Waals surface area contributed by atoms with Gasteiger partial charge in [0.2, 0.25) is 0 Å². The van der Waals surface area contributed by atoms with Crippen LogP contribution in [0, 0.1) is 0 Å². The van der Waals surface area contributed by atoms with Crippen LogP contribution in [-0.2, 0) is 6.42 Å². The molecule has 0 aromatic heterocycles. The van der Waals surface area contributed by atoms with Crippen LogP contribution in [0.1, 0.15) is 28.8 Å². The molecule has 1 saturated heterocycles. The third-order valence-corrected chi connectivity index (χ3v) is 4.87. The van der Waals surface area contributed by atoms with Gasteiger partial charge in [-0.3, -0.25) is 4.79 Å². The molecule has 0 saturated carbocycles. The maximum Gasteiger partial charge on any atom is 0.253 e. The number of methoxy groups -OCH3 is 2. The standard InChI is InChI=1S/C21H27N3O3/c1-26-19-8-5-15(13-20(19)27-2)9-10-23-18-7-6-16(14-17(18)22)21(25)24-11-3-4-12-24/h5-8,13-14,23H,3-4,9-12,22H2,1-2H3. The normalized spacial score (nSPS) is 13.5. The van der Waals surface area contributed by atoms with Crippen LogP contribution in [0.15, 0.2) is 36.4 Å². The Kier molecular flexibility index (Phi) is 6.06. The molecule has 0 aliphatic carbocycles. The van der Waals surface area contributed by atoms with Crippen molar-refractivity contribution in [3.05, 3.63) is 47.5 Å². The molecule has 0 radical (unpaired) electrons. The first kappa shape index (κ1) is 18.9. The van der Waals surface area contributed by atoms with Crippen molar-refractivity contribution in [2.24, 2.45) is 0 Å². The molecule has 1 aliphatic heterocycles. The lowest BCUT2D eigenvalue weighted by Crippen LogP contribution is -2.27. The van der Waals surface area contributed by atoms with Crippen molar-refractivity contribution in [1.82, 2.24) is 4.90 Å². The van der Waals surface area contributed by atoms with E-state index in [1.807, 2.05) is 35.2 Å². The lowest BCUT2D eigenvalue weighted by atomic mass is 10.1. The number of likely N-dealkylation sites (tertiary alicyclic amines) is 1. The fourth-order valence-electron chi connectivity index (χ4n) is 3.34. The predicted octanol–water partition coefficient (Wildman–Crippen LogP) is 3.18. The number of anilines is 2. The summed E-state index contributed by atoms with van der Waals surface area (Å²) in [5.74, 6) is 1.51. The Hall–Kier alpha value is -2.89. The number of ether oxygens (including phenoxy) is 2. The molecule has 0 atom stereocenters. The summed E-state index contributed by atoms with van der Waals surface area (Å²) in [6.07, 6.45) is 2.97. The van der Waals surface area contributed by atoms with Crippen LogP contribution in [0.25, 0.3) is 0 Å². The van der Waals surface area contributed by atoms with Gasteiger partial charge in [0.25, 0.3) is 5.91 Å². The second-order valence-electron chi connectivity index (χ2n) is 6.67. The van der Waals surface area contributed by atoms with Crippen molar-refractivity contribution in [2.75, 3.05) is 44.9 Å². The second kappa shape index (κ2) is 8.66. The molecular formula is C21H27N3O3. The predicted molar refractivity (Wildman–Crippen MR) is 108 cm³/mol. The van der Waals surface area contributed by atoms with Crippen LogP contribution in [0.4, 0.5) is 11.4 Å². The van der Waals surface area contributed by atoms with Gasteiger partial charge in [-0.05, 0) is 55.2 Å². The van der Waals surface area contributed by atoms with E-state index in [4.69, 9.17) is 15.2 Å². The van der Waals surface area contributed by atoms with E-state index in [-0.39, 0.29) is 5.91 Å². The molecule has 6 nitrogen and oxygen atoms in total. The Labute approximate surface area is 160 Å². The molecule has 1 heterocycles. The van der Waals surface area contributed by atoms with Gasteiger partial charge in [0.1, 0.15) is 0 Å². The van der Waals surface area contributed by atoms with Gasteiger partial charge in [-0.15, -0.1) is 0 Å². The fourth-order valence-corrected chi connectivity index (χ4v) is 3.34. The van der Waals surface area contributed by atoms with Crippen molar-refractivity contribution >= 4 is 17.3 Å². The highest BCUT2D eigenvalue weighted by Gasteiger charge is 2.19. The number of nitrogens with one attached hydrogen (secondary N) is 1. The van der Waals surface area contributed by atoms with E-state index in [1.54, 1.807) is 20.3 Å². The van der Waals surface area contributed by atoms with Gasteiger partial charge < -0.3 is 25.4 Å². The Morgan fingerprint density at radius 2 is 1.81 bits per heavy atom. The van der Waals surface area contributed by atoms with Gasteiger partial charge in [0.15, 0.2) is 11.5 Å². The molecule has 2 aromatic carbocycles. The smallest absolute Gasteiger partial charge is 0.253 e. The second-order valence-corrected chi connectivity index (χ2v) is 6.67. The maximum atomic E-state index is 12.5. The molecule has 2 aromatic rings. The average molecular weight is 369 g/mol. The van der Waals surface area contributed by atoms with Crippen LogP contribution < -0.4 is 20.5 Å². The summed E-state index contributed by atoms with van der Waals surface area (Å²) in [7, 11) is 3.26. The van der Waals surface area contributed by atoms with Crippen LogP contribution in [0.3, 0.4) is 0 Å². The van der Waals surface area contributed by atoms with Gasteiger partial charge in [-0.2, -0.15) is 0 Å². The Morgan fingerprint density at radius 3 is 2.48 bits per heavy atom. The van der Waals surface area contributed by atoms with Crippen LogP contribution in [-0.4, -0.2) is 44.7 Å². The largest absolute Gasteiger partial charge is 0.493 e. The Balaban J connectivity index is 1.59. The van der Waals surface area contributed by atoms with Crippen molar-refractivity contribution in [1.29, 1.82) is 0 Å². The number of hydrogen-bond donors (Lipinski definition) is 2. The number of nitrogen functional groups attached to an aromatic ring is 1. The lowest BCUT2D eigenvalue weighted by molar-refractivity contribution is 0.0793. The summed E-state index contributed by atoms with van der Waals surface area (Å²) in [6, 6.07) is 11.4. The van der Waals surface area contributed by atoms with E-state index < -0.39 is 0 Å². The van der Waals surface area contributed by atoms with E-state index in [0.717, 1.165) is 61.6 Å². The van der Waals surface area contributed by atoms with Crippen LogP contribution >= 0.6 is 0 Å². The third-order valence-electron chi connectivity index (χ3n) is 4.87. The first-order chi connectivity index (χ1) is 13.1. The molecule has 1 amide bonds. The van der Waals surface area contributed by atoms with Crippen molar-refractivity contribution in [2.45, 2.75) is 19.3 Å². The lowest BCUT2D eigenvalue weighted by Gasteiger charge is -2.16. The minimum atomic E-state index is 0.0658. The minimum absolute atomic E-state index is 0.0658. The fraction of sp³-hybridized carbons (Fsp3) is 0.381. The Bertz CT molecular complexity index is 801. The molecule has 0 spiro atoms. The monoisotopic (exact) mass is 369 g/mol. The first-order valence-corrected chi connectivity index (χ1v) is 9.26. The first-order valence-electron chi connectivity index (χ1n) is 9.26. The van der Waals surface area contributed by atoms with Gasteiger partial charge >= 0.3 is 0 Å². The number of hydrogen-bond acceptors (Lipinski definition) is 5. The zero-order valence-electron chi connectivity index (χ0n) is 16.0. The van der Waals surface area contributed by atoms with E-state index in [1.165, 1.54) is 0 Å². The topological polar surface area (TPSA) is 76.8 Å². The maximum absolute atomic E-state index is 12.5.